The van der Waals surface area contributed by atoms with Crippen molar-refractivity contribution in [2.24, 2.45) is 0 Å². The first-order chi connectivity index (χ1) is 9.43. The van der Waals surface area contributed by atoms with Gasteiger partial charge in [-0.3, -0.25) is 0 Å². The Balaban J connectivity index is 1.93. The van der Waals surface area contributed by atoms with E-state index in [1.807, 2.05) is 0 Å². The molecule has 0 N–H and O–H groups in total. The SMILES string of the molecule is Cc1cc(C(F)(F)F)nc(N2CCn3ncnc3C2)n1. The van der Waals surface area contributed by atoms with Crippen LogP contribution in [0.5, 0.6) is 0 Å². The first kappa shape index (κ1) is 12.8. The largest absolute Gasteiger partial charge is 0.433 e. The molecule has 0 aromatic carbocycles. The van der Waals surface area contributed by atoms with Crippen LogP contribution in [0.15, 0.2) is 12.4 Å². The average molecular weight is 284 g/mol. The maximum atomic E-state index is 12.8. The van der Waals surface area contributed by atoms with Gasteiger partial charge in [-0.1, -0.05) is 0 Å². The number of fused-ring (bicyclic) bond motifs is 1. The van der Waals surface area contributed by atoms with Crippen molar-refractivity contribution in [2.45, 2.75) is 26.2 Å². The number of aromatic nitrogens is 5. The molecule has 3 rings (SSSR count). The number of halogens is 3. The molecule has 0 spiro atoms. The zero-order valence-electron chi connectivity index (χ0n) is 10.6. The highest BCUT2D eigenvalue weighted by Crippen LogP contribution is 2.29. The lowest BCUT2D eigenvalue weighted by atomic mass is 10.3. The number of hydrogen-bond donors (Lipinski definition) is 0. The van der Waals surface area contributed by atoms with Crippen molar-refractivity contribution in [2.75, 3.05) is 11.4 Å². The van der Waals surface area contributed by atoms with Crippen LogP contribution in [0.25, 0.3) is 0 Å². The van der Waals surface area contributed by atoms with Crippen LogP contribution in [0.4, 0.5) is 19.1 Å². The minimum Gasteiger partial charge on any atom is -0.331 e. The Morgan fingerprint density at radius 3 is 2.75 bits per heavy atom. The highest BCUT2D eigenvalue weighted by atomic mass is 19.4. The Bertz CT molecular complexity index is 635. The van der Waals surface area contributed by atoms with Crippen LogP contribution in [0.3, 0.4) is 0 Å². The fraction of sp³-hybridized carbons (Fsp3) is 0.455. The molecule has 0 unspecified atom stereocenters. The summed E-state index contributed by atoms with van der Waals surface area (Å²) in [6, 6.07) is 0.940. The summed E-state index contributed by atoms with van der Waals surface area (Å²) in [5.41, 5.74) is -0.638. The van der Waals surface area contributed by atoms with E-state index in [1.54, 1.807) is 9.58 Å². The maximum absolute atomic E-state index is 12.8. The third-order valence-electron chi connectivity index (χ3n) is 3.03. The molecule has 2 aromatic rings. The van der Waals surface area contributed by atoms with Crippen LogP contribution in [-0.2, 0) is 19.3 Å². The summed E-state index contributed by atoms with van der Waals surface area (Å²) >= 11 is 0. The van der Waals surface area contributed by atoms with E-state index in [9.17, 15) is 13.2 Å². The molecule has 0 saturated heterocycles. The third-order valence-corrected chi connectivity index (χ3v) is 3.03. The Labute approximate surface area is 112 Å². The Hall–Kier alpha value is -2.19. The predicted octanol–water partition coefficient (Wildman–Crippen LogP) is 1.42. The number of rotatable bonds is 1. The van der Waals surface area contributed by atoms with E-state index in [4.69, 9.17) is 0 Å². The number of alkyl halides is 3. The molecule has 0 bridgehead atoms. The quantitative estimate of drug-likeness (QED) is 0.792. The van der Waals surface area contributed by atoms with E-state index in [-0.39, 0.29) is 11.6 Å². The van der Waals surface area contributed by atoms with Crippen molar-refractivity contribution in [1.29, 1.82) is 0 Å². The summed E-state index contributed by atoms with van der Waals surface area (Å²) < 4.78 is 40.0. The zero-order valence-corrected chi connectivity index (χ0v) is 10.6. The average Bonchev–Trinajstić information content (AvgIpc) is 2.84. The van der Waals surface area contributed by atoms with Gasteiger partial charge < -0.3 is 4.90 Å². The Morgan fingerprint density at radius 1 is 1.20 bits per heavy atom. The van der Waals surface area contributed by atoms with Gasteiger partial charge in [0.15, 0.2) is 0 Å². The van der Waals surface area contributed by atoms with Gasteiger partial charge in [-0.25, -0.2) is 19.6 Å². The van der Waals surface area contributed by atoms with Crippen molar-refractivity contribution >= 4 is 5.95 Å². The summed E-state index contributed by atoms with van der Waals surface area (Å²) in [5.74, 6) is 0.765. The van der Waals surface area contributed by atoms with E-state index in [0.29, 0.717) is 25.5 Å². The van der Waals surface area contributed by atoms with Gasteiger partial charge in [0.1, 0.15) is 17.8 Å². The summed E-state index contributed by atoms with van der Waals surface area (Å²) in [6.45, 7) is 2.92. The molecule has 0 fully saturated rings. The highest BCUT2D eigenvalue weighted by molar-refractivity contribution is 5.34. The van der Waals surface area contributed by atoms with Gasteiger partial charge in [-0.2, -0.15) is 18.3 Å². The predicted molar refractivity (Wildman–Crippen MR) is 62.8 cm³/mol. The number of aryl methyl sites for hydroxylation is 1. The van der Waals surface area contributed by atoms with Crippen molar-refractivity contribution in [3.8, 4) is 0 Å². The standard InChI is InChI=1S/C11H11F3N6/c1-7-4-8(11(12,13)14)18-10(17-7)19-2-3-20-9(5-19)15-6-16-20/h4,6H,2-3,5H2,1H3. The lowest BCUT2D eigenvalue weighted by Crippen LogP contribution is -2.35. The number of nitrogens with zero attached hydrogens (tertiary/aromatic N) is 6. The fourth-order valence-corrected chi connectivity index (χ4v) is 2.07. The Morgan fingerprint density at radius 2 is 2.00 bits per heavy atom. The van der Waals surface area contributed by atoms with Crippen molar-refractivity contribution in [3.05, 3.63) is 29.6 Å². The first-order valence-corrected chi connectivity index (χ1v) is 5.98. The van der Waals surface area contributed by atoms with Crippen molar-refractivity contribution < 1.29 is 13.2 Å². The lowest BCUT2D eigenvalue weighted by Gasteiger charge is -2.27. The van der Waals surface area contributed by atoms with Crippen LogP contribution in [0.2, 0.25) is 0 Å². The van der Waals surface area contributed by atoms with Gasteiger partial charge in [-0.05, 0) is 13.0 Å². The van der Waals surface area contributed by atoms with Gasteiger partial charge in [0.25, 0.3) is 0 Å². The smallest absolute Gasteiger partial charge is 0.331 e. The summed E-state index contributed by atoms with van der Waals surface area (Å²) in [5, 5.41) is 4.02. The molecule has 6 nitrogen and oxygen atoms in total. The summed E-state index contributed by atoms with van der Waals surface area (Å²) in [4.78, 5) is 13.4. The summed E-state index contributed by atoms with van der Waals surface area (Å²) in [6.07, 6.45) is -3.05. The van der Waals surface area contributed by atoms with Gasteiger partial charge >= 0.3 is 6.18 Å². The molecule has 1 aliphatic heterocycles. The topological polar surface area (TPSA) is 59.7 Å². The molecule has 0 saturated carbocycles. The van der Waals surface area contributed by atoms with Crippen LogP contribution in [0, 0.1) is 6.92 Å². The van der Waals surface area contributed by atoms with E-state index in [1.165, 1.54) is 13.3 Å². The second kappa shape index (κ2) is 4.43. The summed E-state index contributed by atoms with van der Waals surface area (Å²) in [7, 11) is 0. The molecule has 9 heteroatoms. The van der Waals surface area contributed by atoms with E-state index >= 15 is 0 Å². The zero-order chi connectivity index (χ0) is 14.3. The molecule has 20 heavy (non-hydrogen) atoms. The van der Waals surface area contributed by atoms with Gasteiger partial charge in [0.2, 0.25) is 5.95 Å². The van der Waals surface area contributed by atoms with E-state index < -0.39 is 11.9 Å². The molecule has 1 aliphatic rings. The van der Waals surface area contributed by atoms with Crippen LogP contribution in [0.1, 0.15) is 17.2 Å². The number of hydrogen-bond acceptors (Lipinski definition) is 5. The molecule has 106 valence electrons. The van der Waals surface area contributed by atoms with Gasteiger partial charge in [0, 0.05) is 12.2 Å². The van der Waals surface area contributed by atoms with E-state index in [2.05, 4.69) is 20.1 Å². The second-order valence-corrected chi connectivity index (χ2v) is 4.51. The lowest BCUT2D eigenvalue weighted by molar-refractivity contribution is -0.141. The van der Waals surface area contributed by atoms with E-state index in [0.717, 1.165) is 6.07 Å². The minimum absolute atomic E-state index is 0.0755. The monoisotopic (exact) mass is 284 g/mol. The normalized spacial score (nSPS) is 15.3. The molecule has 3 heterocycles. The number of anilines is 1. The Kier molecular flexibility index (Phi) is 2.84. The first-order valence-electron chi connectivity index (χ1n) is 5.98. The third kappa shape index (κ3) is 2.30. The van der Waals surface area contributed by atoms with Gasteiger partial charge in [-0.15, -0.1) is 0 Å². The van der Waals surface area contributed by atoms with Crippen molar-refractivity contribution in [3.63, 3.8) is 0 Å². The molecular weight excluding hydrogens is 273 g/mol. The second-order valence-electron chi connectivity index (χ2n) is 4.51. The molecule has 0 amide bonds. The van der Waals surface area contributed by atoms with Crippen LogP contribution >= 0.6 is 0 Å². The molecule has 0 radical (unpaired) electrons. The van der Waals surface area contributed by atoms with Crippen LogP contribution in [-0.4, -0.2) is 31.3 Å². The molecule has 0 atom stereocenters. The molecular formula is C11H11F3N6. The highest BCUT2D eigenvalue weighted by Gasteiger charge is 2.34. The maximum Gasteiger partial charge on any atom is 0.433 e. The van der Waals surface area contributed by atoms with Gasteiger partial charge in [0.05, 0.1) is 13.1 Å². The molecule has 0 aliphatic carbocycles. The minimum atomic E-state index is -4.47. The van der Waals surface area contributed by atoms with Crippen molar-refractivity contribution in [1.82, 2.24) is 24.7 Å². The van der Waals surface area contributed by atoms with Crippen LogP contribution < -0.4 is 4.90 Å². The molecule has 2 aromatic heterocycles. The fourth-order valence-electron chi connectivity index (χ4n) is 2.07.